The number of hydrogen-bond acceptors (Lipinski definition) is 10. The highest BCUT2D eigenvalue weighted by Gasteiger charge is 2.32. The summed E-state index contributed by atoms with van der Waals surface area (Å²) >= 11 is 6.86. The fraction of sp³-hybridized carbons (Fsp3) is 0.289. The number of nitrogens with zero attached hydrogens (tertiary/aromatic N) is 2. The molecule has 0 unspecified atom stereocenters. The average molecular weight is 715 g/mol. The molecule has 2 aliphatic rings. The molecule has 2 fully saturated rings. The SMILES string of the molecule is COc1cc(C(=O)O)ccc1OCCCN1C(=O)C(=Cc2cc(OC)c(OCCN3CCOCC3)c(-c3ccc4ccccc4c3)c2)SC1=S. The van der Waals surface area contributed by atoms with Gasteiger partial charge in [-0.3, -0.25) is 14.6 Å². The minimum absolute atomic E-state index is 0.103. The van der Waals surface area contributed by atoms with E-state index in [9.17, 15) is 14.7 Å². The van der Waals surface area contributed by atoms with E-state index in [1.807, 2.05) is 30.3 Å². The van der Waals surface area contributed by atoms with E-state index in [0.717, 1.165) is 60.3 Å². The molecule has 0 spiro atoms. The zero-order valence-electron chi connectivity index (χ0n) is 27.9. The number of hydrogen-bond donors (Lipinski definition) is 1. The zero-order valence-corrected chi connectivity index (χ0v) is 29.5. The van der Waals surface area contributed by atoms with Crippen molar-refractivity contribution in [2.45, 2.75) is 6.42 Å². The number of ether oxygens (including phenoxy) is 5. The second-order valence-corrected chi connectivity index (χ2v) is 13.3. The van der Waals surface area contributed by atoms with Crippen LogP contribution in [0.5, 0.6) is 23.0 Å². The van der Waals surface area contributed by atoms with E-state index in [1.165, 1.54) is 31.0 Å². The topological polar surface area (TPSA) is 107 Å². The highest BCUT2D eigenvalue weighted by molar-refractivity contribution is 8.26. The number of morpholine rings is 1. The lowest BCUT2D eigenvalue weighted by molar-refractivity contribution is -0.122. The van der Waals surface area contributed by atoms with Gasteiger partial charge in [0.1, 0.15) is 10.9 Å². The minimum atomic E-state index is -1.05. The molecule has 1 amide bonds. The second kappa shape index (κ2) is 16.4. The molecule has 0 aliphatic carbocycles. The lowest BCUT2D eigenvalue weighted by Gasteiger charge is -2.26. The van der Waals surface area contributed by atoms with Crippen molar-refractivity contribution in [1.82, 2.24) is 9.80 Å². The first-order chi connectivity index (χ1) is 24.3. The number of benzene rings is 4. The summed E-state index contributed by atoms with van der Waals surface area (Å²) in [7, 11) is 3.07. The van der Waals surface area contributed by atoms with Gasteiger partial charge in [-0.1, -0.05) is 60.4 Å². The molecule has 0 saturated carbocycles. The monoisotopic (exact) mass is 714 g/mol. The zero-order chi connectivity index (χ0) is 35.0. The fourth-order valence-corrected chi connectivity index (χ4v) is 7.16. The van der Waals surface area contributed by atoms with Gasteiger partial charge in [0, 0.05) is 31.7 Å². The number of fused-ring (bicyclic) bond motifs is 1. The molecule has 2 saturated heterocycles. The van der Waals surface area contributed by atoms with Crippen LogP contribution in [0.4, 0.5) is 0 Å². The third-order valence-corrected chi connectivity index (χ3v) is 9.86. The van der Waals surface area contributed by atoms with Gasteiger partial charge < -0.3 is 28.8 Å². The summed E-state index contributed by atoms with van der Waals surface area (Å²) in [6, 6.07) is 22.9. The number of carbonyl (C=O) groups is 2. The van der Waals surface area contributed by atoms with E-state index in [0.29, 0.717) is 51.8 Å². The van der Waals surface area contributed by atoms with Crippen LogP contribution in [0.25, 0.3) is 28.0 Å². The van der Waals surface area contributed by atoms with Crippen molar-refractivity contribution in [3.05, 3.63) is 88.8 Å². The highest BCUT2D eigenvalue weighted by atomic mass is 32.2. The molecular formula is C38H38N2O8S2. The van der Waals surface area contributed by atoms with Crippen LogP contribution in [-0.2, 0) is 9.53 Å². The number of rotatable bonds is 14. The van der Waals surface area contributed by atoms with Crippen LogP contribution in [0, 0.1) is 0 Å². The third kappa shape index (κ3) is 8.22. The van der Waals surface area contributed by atoms with E-state index < -0.39 is 5.97 Å². The van der Waals surface area contributed by atoms with Crippen molar-refractivity contribution in [3.8, 4) is 34.1 Å². The van der Waals surface area contributed by atoms with Crippen molar-refractivity contribution < 1.29 is 38.4 Å². The largest absolute Gasteiger partial charge is 0.493 e. The Morgan fingerprint density at radius 3 is 2.44 bits per heavy atom. The van der Waals surface area contributed by atoms with Gasteiger partial charge >= 0.3 is 5.97 Å². The number of carboxylic acid groups (broad SMARTS) is 1. The molecule has 6 rings (SSSR count). The minimum Gasteiger partial charge on any atom is -0.493 e. The number of methoxy groups -OCH3 is 2. The standard InChI is InChI=1S/C38H38N2O8S2/c1-44-32-24-29(37(42)43)10-11-31(32)47-16-5-12-40-36(41)34(50-38(40)49)22-25-20-30(28-9-8-26-6-3-4-7-27(26)23-28)35(33(21-25)45-2)48-19-15-39-13-17-46-18-14-39/h3-4,6-11,20-24H,5,12-19H2,1-2H3,(H,42,43). The van der Waals surface area contributed by atoms with Crippen LogP contribution in [0.2, 0.25) is 0 Å². The Balaban J connectivity index is 1.20. The molecule has 0 radical (unpaired) electrons. The summed E-state index contributed by atoms with van der Waals surface area (Å²) < 4.78 is 29.4. The molecule has 1 N–H and O–H groups in total. The second-order valence-electron chi connectivity index (χ2n) is 11.7. The third-order valence-electron chi connectivity index (χ3n) is 8.48. The first-order valence-electron chi connectivity index (χ1n) is 16.3. The molecule has 12 heteroatoms. The van der Waals surface area contributed by atoms with E-state index >= 15 is 0 Å². The molecular weight excluding hydrogens is 677 g/mol. The highest BCUT2D eigenvalue weighted by Crippen LogP contribution is 2.42. The van der Waals surface area contributed by atoms with Gasteiger partial charge in [-0.05, 0) is 70.8 Å². The van der Waals surface area contributed by atoms with Gasteiger partial charge in [0.25, 0.3) is 5.91 Å². The lowest BCUT2D eigenvalue weighted by Crippen LogP contribution is -2.38. The molecule has 0 bridgehead atoms. The quantitative estimate of drug-likeness (QED) is 0.0868. The van der Waals surface area contributed by atoms with Crippen LogP contribution in [-0.4, -0.2) is 97.9 Å². The molecule has 0 aromatic heterocycles. The van der Waals surface area contributed by atoms with E-state index in [4.69, 9.17) is 35.9 Å². The van der Waals surface area contributed by atoms with Crippen molar-refractivity contribution in [2.24, 2.45) is 0 Å². The predicted octanol–water partition coefficient (Wildman–Crippen LogP) is 6.60. The first-order valence-corrected chi connectivity index (χ1v) is 17.5. The van der Waals surface area contributed by atoms with Crippen LogP contribution in [0.15, 0.2) is 77.7 Å². The molecule has 0 atom stereocenters. The van der Waals surface area contributed by atoms with Crippen molar-refractivity contribution in [3.63, 3.8) is 0 Å². The van der Waals surface area contributed by atoms with Crippen LogP contribution in [0.1, 0.15) is 22.3 Å². The fourth-order valence-electron chi connectivity index (χ4n) is 5.85. The Morgan fingerprint density at radius 2 is 1.68 bits per heavy atom. The number of thioether (sulfide) groups is 1. The Kier molecular flexibility index (Phi) is 11.5. The van der Waals surface area contributed by atoms with Crippen molar-refractivity contribution in [1.29, 1.82) is 0 Å². The summed E-state index contributed by atoms with van der Waals surface area (Å²) in [6.45, 7) is 5.08. The smallest absolute Gasteiger partial charge is 0.335 e. The van der Waals surface area contributed by atoms with Gasteiger partial charge in [0.2, 0.25) is 0 Å². The Morgan fingerprint density at radius 1 is 0.900 bits per heavy atom. The molecule has 10 nitrogen and oxygen atoms in total. The predicted molar refractivity (Wildman–Crippen MR) is 199 cm³/mol. The Hall–Kier alpha value is -4.62. The maximum absolute atomic E-state index is 13.6. The van der Waals surface area contributed by atoms with E-state index in [1.54, 1.807) is 18.1 Å². The van der Waals surface area contributed by atoms with Crippen LogP contribution >= 0.6 is 24.0 Å². The van der Waals surface area contributed by atoms with Crippen LogP contribution in [0.3, 0.4) is 0 Å². The molecule has 50 heavy (non-hydrogen) atoms. The van der Waals surface area contributed by atoms with Gasteiger partial charge in [0.15, 0.2) is 23.0 Å². The normalized spacial score (nSPS) is 15.9. The lowest BCUT2D eigenvalue weighted by atomic mass is 9.98. The summed E-state index contributed by atoms with van der Waals surface area (Å²) in [5.74, 6) is 0.737. The molecule has 2 heterocycles. The number of carboxylic acids is 1. The van der Waals surface area contributed by atoms with E-state index in [2.05, 4.69) is 35.2 Å². The number of aromatic carboxylic acids is 1. The maximum Gasteiger partial charge on any atom is 0.335 e. The Labute approximate surface area is 300 Å². The summed E-state index contributed by atoms with van der Waals surface area (Å²) in [5.41, 5.74) is 2.72. The van der Waals surface area contributed by atoms with E-state index in [-0.39, 0.29) is 18.1 Å². The number of thiocarbonyl (C=S) groups is 1. The Bertz CT molecular complexity index is 1920. The maximum atomic E-state index is 13.6. The molecule has 260 valence electrons. The molecule has 4 aromatic rings. The molecule has 2 aliphatic heterocycles. The summed E-state index contributed by atoms with van der Waals surface area (Å²) in [6.07, 6.45) is 2.34. The van der Waals surface area contributed by atoms with Crippen molar-refractivity contribution in [2.75, 3.05) is 66.8 Å². The molecule has 4 aromatic carbocycles. The van der Waals surface area contributed by atoms with Gasteiger partial charge in [-0.15, -0.1) is 0 Å². The number of amides is 1. The van der Waals surface area contributed by atoms with Crippen LogP contribution < -0.4 is 18.9 Å². The first kappa shape index (κ1) is 35.2. The van der Waals surface area contributed by atoms with Gasteiger partial charge in [-0.2, -0.15) is 0 Å². The summed E-state index contributed by atoms with van der Waals surface area (Å²) in [4.78, 5) is 29.3. The van der Waals surface area contributed by atoms with Gasteiger partial charge in [-0.25, -0.2) is 4.79 Å². The van der Waals surface area contributed by atoms with Gasteiger partial charge in [0.05, 0.1) is 44.5 Å². The summed E-state index contributed by atoms with van der Waals surface area (Å²) in [5, 5.41) is 11.5. The van der Waals surface area contributed by atoms with Crippen molar-refractivity contribution >= 4 is 57.0 Å². The number of carbonyl (C=O) groups excluding carboxylic acids is 1. The average Bonchev–Trinajstić information content (AvgIpc) is 3.40.